The topological polar surface area (TPSA) is 26.0 Å². The molecule has 2 rings (SSSR count). The van der Waals surface area contributed by atoms with Crippen LogP contribution in [0.4, 0.5) is 4.39 Å². The number of halogens is 2. The lowest BCUT2D eigenvalue weighted by Crippen LogP contribution is -1.80. The highest BCUT2D eigenvalue weighted by Gasteiger charge is 2.08. The maximum absolute atomic E-state index is 13.0. The van der Waals surface area contributed by atoms with E-state index in [1.165, 1.54) is 12.1 Å². The summed E-state index contributed by atoms with van der Waals surface area (Å²) in [7, 11) is 0. The van der Waals surface area contributed by atoms with Crippen LogP contribution in [0.25, 0.3) is 11.1 Å². The van der Waals surface area contributed by atoms with Crippen LogP contribution in [0.2, 0.25) is 5.02 Å². The first-order valence-corrected chi connectivity index (χ1v) is 4.83. The quantitative estimate of drug-likeness (QED) is 0.762. The summed E-state index contributed by atoms with van der Waals surface area (Å²) in [5, 5.41) is 0.0664. The molecule has 2 aromatic rings. The van der Waals surface area contributed by atoms with Crippen molar-refractivity contribution in [3.63, 3.8) is 0 Å². The normalized spacial score (nSPS) is 11.1. The first-order chi connectivity index (χ1) is 6.70. The largest absolute Gasteiger partial charge is 0.441 e. The number of aryl methyl sites for hydroxylation is 1. The molecule has 1 aromatic heterocycles. The van der Waals surface area contributed by atoms with E-state index >= 15 is 0 Å². The van der Waals surface area contributed by atoms with Crippen LogP contribution in [-0.4, -0.2) is 4.98 Å². The van der Waals surface area contributed by atoms with Gasteiger partial charge in [-0.1, -0.05) is 18.5 Å². The fourth-order valence-electron chi connectivity index (χ4n) is 1.29. The summed E-state index contributed by atoms with van der Waals surface area (Å²) in [5.74, 6) is 0.166. The van der Waals surface area contributed by atoms with Crippen molar-refractivity contribution in [1.82, 2.24) is 4.98 Å². The third-order valence-electron chi connectivity index (χ3n) is 1.94. The van der Waals surface area contributed by atoms with Crippen molar-refractivity contribution in [3.8, 4) is 0 Å². The van der Waals surface area contributed by atoms with Crippen molar-refractivity contribution in [1.29, 1.82) is 0 Å². The lowest BCUT2D eigenvalue weighted by atomic mass is 10.3. The zero-order valence-corrected chi connectivity index (χ0v) is 8.44. The summed E-state index contributed by atoms with van der Waals surface area (Å²) in [6, 6.07) is 2.75. The highest BCUT2D eigenvalue weighted by atomic mass is 35.5. The number of fused-ring (bicyclic) bond motifs is 1. The Labute approximate surface area is 85.7 Å². The van der Waals surface area contributed by atoms with E-state index < -0.39 is 5.82 Å². The number of rotatable bonds is 2. The van der Waals surface area contributed by atoms with Gasteiger partial charge >= 0.3 is 0 Å². The summed E-state index contributed by atoms with van der Waals surface area (Å²) < 4.78 is 18.4. The number of nitrogens with zero attached hydrogens (tertiary/aromatic N) is 1. The molecule has 0 aliphatic heterocycles. The molecule has 0 bridgehead atoms. The van der Waals surface area contributed by atoms with E-state index in [9.17, 15) is 4.39 Å². The first-order valence-electron chi connectivity index (χ1n) is 4.45. The molecule has 74 valence electrons. The van der Waals surface area contributed by atoms with E-state index in [0.717, 1.165) is 12.8 Å². The van der Waals surface area contributed by atoms with Crippen molar-refractivity contribution in [3.05, 3.63) is 28.9 Å². The molecule has 0 radical (unpaired) electrons. The van der Waals surface area contributed by atoms with Crippen LogP contribution in [0.5, 0.6) is 0 Å². The van der Waals surface area contributed by atoms with Crippen LogP contribution in [-0.2, 0) is 6.42 Å². The molecule has 1 aromatic carbocycles. The fourth-order valence-corrected chi connectivity index (χ4v) is 1.45. The number of benzene rings is 1. The van der Waals surface area contributed by atoms with Crippen LogP contribution in [0, 0.1) is 5.82 Å². The molecule has 0 atom stereocenters. The standard InChI is InChI=1S/C10H9ClFNO/c1-2-3-10-13-8-5-7(12)6(11)4-9(8)14-10/h4-5H,2-3H2,1H3. The maximum atomic E-state index is 13.0. The first kappa shape index (κ1) is 9.46. The summed E-state index contributed by atoms with van der Waals surface area (Å²) >= 11 is 5.61. The molecule has 0 aliphatic carbocycles. The Bertz CT molecular complexity index is 427. The summed E-state index contributed by atoms with van der Waals surface area (Å²) in [5.41, 5.74) is 1.07. The monoisotopic (exact) mass is 213 g/mol. The molecule has 1 heterocycles. The minimum Gasteiger partial charge on any atom is -0.441 e. The second kappa shape index (κ2) is 3.58. The van der Waals surface area contributed by atoms with Crippen molar-refractivity contribution in [2.24, 2.45) is 0 Å². The van der Waals surface area contributed by atoms with Gasteiger partial charge in [0.05, 0.1) is 5.02 Å². The molecule has 0 saturated heterocycles. The number of oxazole rings is 1. The van der Waals surface area contributed by atoms with Gasteiger partial charge in [0.25, 0.3) is 0 Å². The van der Waals surface area contributed by atoms with E-state index in [1.54, 1.807) is 0 Å². The predicted molar refractivity (Wildman–Crippen MR) is 53.0 cm³/mol. The molecule has 0 unspecified atom stereocenters. The average molecular weight is 214 g/mol. The molecular weight excluding hydrogens is 205 g/mol. The Morgan fingerprint density at radius 2 is 2.29 bits per heavy atom. The second-order valence-corrected chi connectivity index (χ2v) is 3.50. The Hall–Kier alpha value is -1.09. The van der Waals surface area contributed by atoms with Crippen LogP contribution < -0.4 is 0 Å². The lowest BCUT2D eigenvalue weighted by molar-refractivity contribution is 0.525. The van der Waals surface area contributed by atoms with Gasteiger partial charge < -0.3 is 4.42 Å². The van der Waals surface area contributed by atoms with Gasteiger partial charge in [-0.15, -0.1) is 0 Å². The molecule has 0 N–H and O–H groups in total. The highest BCUT2D eigenvalue weighted by Crippen LogP contribution is 2.23. The minimum absolute atomic E-state index is 0.0664. The summed E-state index contributed by atoms with van der Waals surface area (Å²) in [6.07, 6.45) is 1.71. The smallest absolute Gasteiger partial charge is 0.195 e. The number of hydrogen-bond acceptors (Lipinski definition) is 2. The predicted octanol–water partition coefficient (Wildman–Crippen LogP) is 3.57. The minimum atomic E-state index is -0.462. The van der Waals surface area contributed by atoms with E-state index in [0.29, 0.717) is 17.0 Å². The second-order valence-electron chi connectivity index (χ2n) is 3.09. The zero-order chi connectivity index (χ0) is 10.1. The molecule has 0 fully saturated rings. The van der Waals surface area contributed by atoms with Crippen LogP contribution in [0.15, 0.2) is 16.5 Å². The third kappa shape index (κ3) is 1.60. The van der Waals surface area contributed by atoms with Gasteiger partial charge in [-0.05, 0) is 6.42 Å². The summed E-state index contributed by atoms with van der Waals surface area (Å²) in [6.45, 7) is 2.03. The Kier molecular flexibility index (Phi) is 2.42. The highest BCUT2D eigenvalue weighted by molar-refractivity contribution is 6.31. The molecule has 4 heteroatoms. The Balaban J connectivity index is 2.54. The van der Waals surface area contributed by atoms with Crippen molar-refractivity contribution >= 4 is 22.7 Å². The average Bonchev–Trinajstić information content (AvgIpc) is 2.48. The molecular formula is C10H9ClFNO. The molecule has 14 heavy (non-hydrogen) atoms. The van der Waals surface area contributed by atoms with Gasteiger partial charge in [0.2, 0.25) is 0 Å². The van der Waals surface area contributed by atoms with Gasteiger partial charge in [0.1, 0.15) is 11.3 Å². The van der Waals surface area contributed by atoms with E-state index in [1.807, 2.05) is 6.92 Å². The number of aromatic nitrogens is 1. The van der Waals surface area contributed by atoms with Gasteiger partial charge in [-0.3, -0.25) is 0 Å². The van der Waals surface area contributed by atoms with Gasteiger partial charge in [-0.25, -0.2) is 9.37 Å². The molecule has 0 saturated carbocycles. The summed E-state index contributed by atoms with van der Waals surface area (Å²) in [4.78, 5) is 4.14. The van der Waals surface area contributed by atoms with E-state index in [2.05, 4.69) is 4.98 Å². The third-order valence-corrected chi connectivity index (χ3v) is 2.23. The van der Waals surface area contributed by atoms with Gasteiger partial charge in [0, 0.05) is 18.6 Å². The Morgan fingerprint density at radius 3 is 3.00 bits per heavy atom. The molecule has 2 nitrogen and oxygen atoms in total. The van der Waals surface area contributed by atoms with Gasteiger partial charge in [-0.2, -0.15) is 0 Å². The van der Waals surface area contributed by atoms with Crippen molar-refractivity contribution in [2.75, 3.05) is 0 Å². The maximum Gasteiger partial charge on any atom is 0.195 e. The van der Waals surface area contributed by atoms with Crippen LogP contribution in [0.1, 0.15) is 19.2 Å². The number of hydrogen-bond donors (Lipinski definition) is 0. The van der Waals surface area contributed by atoms with Crippen LogP contribution >= 0.6 is 11.6 Å². The zero-order valence-electron chi connectivity index (χ0n) is 7.68. The van der Waals surface area contributed by atoms with E-state index in [4.69, 9.17) is 16.0 Å². The lowest BCUT2D eigenvalue weighted by Gasteiger charge is -1.90. The molecule has 0 aliphatic rings. The fraction of sp³-hybridized carbons (Fsp3) is 0.300. The van der Waals surface area contributed by atoms with Crippen molar-refractivity contribution in [2.45, 2.75) is 19.8 Å². The Morgan fingerprint density at radius 1 is 1.50 bits per heavy atom. The molecule has 0 spiro atoms. The SMILES string of the molecule is CCCc1nc2cc(F)c(Cl)cc2o1. The van der Waals surface area contributed by atoms with Crippen LogP contribution in [0.3, 0.4) is 0 Å². The van der Waals surface area contributed by atoms with Crippen molar-refractivity contribution < 1.29 is 8.81 Å². The molecule has 0 amide bonds. The van der Waals surface area contributed by atoms with E-state index in [-0.39, 0.29) is 5.02 Å². The van der Waals surface area contributed by atoms with Gasteiger partial charge in [0.15, 0.2) is 11.5 Å².